The number of fused-ring (bicyclic) bond motifs is 1. The van der Waals surface area contributed by atoms with Gasteiger partial charge in [-0.15, -0.1) is 0 Å². The van der Waals surface area contributed by atoms with Crippen molar-refractivity contribution in [2.24, 2.45) is 22.7 Å². The van der Waals surface area contributed by atoms with Crippen molar-refractivity contribution in [1.29, 1.82) is 0 Å². The van der Waals surface area contributed by atoms with Gasteiger partial charge in [0.25, 0.3) is 0 Å². The topological polar surface area (TPSA) is 59.7 Å². The minimum absolute atomic E-state index is 0.0379. The van der Waals surface area contributed by atoms with Gasteiger partial charge in [0.1, 0.15) is 0 Å². The summed E-state index contributed by atoms with van der Waals surface area (Å²) in [6.07, 6.45) is 11.3. The summed E-state index contributed by atoms with van der Waals surface area (Å²) in [6.45, 7) is 9.77. The van der Waals surface area contributed by atoms with E-state index in [9.17, 15) is 9.90 Å². The highest BCUT2D eigenvalue weighted by Gasteiger charge is 2.57. The maximum atomic E-state index is 12.2. The molecule has 1 aromatic heterocycles. The van der Waals surface area contributed by atoms with Gasteiger partial charge in [-0.3, -0.25) is 0 Å². The lowest BCUT2D eigenvalue weighted by Gasteiger charge is -2.58. The van der Waals surface area contributed by atoms with E-state index in [1.807, 2.05) is 12.1 Å². The zero-order chi connectivity index (χ0) is 19.7. The van der Waals surface area contributed by atoms with Gasteiger partial charge >= 0.3 is 5.97 Å². The predicted molar refractivity (Wildman–Crippen MR) is 105 cm³/mol. The molecule has 0 saturated heterocycles. The van der Waals surface area contributed by atoms with Crippen molar-refractivity contribution in [3.8, 4) is 0 Å². The van der Waals surface area contributed by atoms with E-state index in [1.54, 1.807) is 12.5 Å². The molecule has 4 atom stereocenters. The largest absolute Gasteiger partial charge is 0.478 e. The minimum Gasteiger partial charge on any atom is -0.478 e. The van der Waals surface area contributed by atoms with Crippen molar-refractivity contribution in [1.82, 2.24) is 0 Å². The lowest BCUT2D eigenvalue weighted by Crippen LogP contribution is -2.55. The highest BCUT2D eigenvalue weighted by atomic mass is 16.5. The Balaban J connectivity index is 1.99. The lowest BCUT2D eigenvalue weighted by molar-refractivity contribution is -0.142. The molecule has 0 amide bonds. The minimum atomic E-state index is -0.791. The Hall–Kier alpha value is -1.55. The van der Waals surface area contributed by atoms with Crippen LogP contribution in [0.4, 0.5) is 0 Å². The molecule has 1 saturated carbocycles. The number of hydrogen-bond acceptors (Lipinski definition) is 3. The van der Waals surface area contributed by atoms with E-state index in [1.165, 1.54) is 6.42 Å². The number of rotatable bonds is 7. The van der Waals surface area contributed by atoms with Crippen molar-refractivity contribution in [3.63, 3.8) is 0 Å². The number of furan rings is 1. The van der Waals surface area contributed by atoms with Crippen LogP contribution < -0.4 is 0 Å². The molecule has 4 heteroatoms. The molecule has 0 aromatic carbocycles. The number of carboxylic acids is 1. The van der Waals surface area contributed by atoms with Crippen LogP contribution in [0, 0.1) is 22.7 Å². The predicted octanol–water partition coefficient (Wildman–Crippen LogP) is 5.48. The zero-order valence-electron chi connectivity index (χ0n) is 17.2. The Bertz CT molecular complexity index is 673. The van der Waals surface area contributed by atoms with Gasteiger partial charge in [0, 0.05) is 12.2 Å². The van der Waals surface area contributed by atoms with Crippen LogP contribution in [0.1, 0.15) is 65.4 Å². The summed E-state index contributed by atoms with van der Waals surface area (Å²) in [5.74, 6) is -0.418. The highest BCUT2D eigenvalue weighted by molar-refractivity contribution is 5.87. The van der Waals surface area contributed by atoms with E-state index in [2.05, 4.69) is 27.7 Å². The molecule has 3 rings (SSSR count). The zero-order valence-corrected chi connectivity index (χ0v) is 17.2. The third kappa shape index (κ3) is 3.87. The third-order valence-corrected chi connectivity index (χ3v) is 7.00. The fourth-order valence-corrected chi connectivity index (χ4v) is 5.93. The van der Waals surface area contributed by atoms with E-state index in [4.69, 9.17) is 9.15 Å². The quantitative estimate of drug-likeness (QED) is 0.686. The summed E-state index contributed by atoms with van der Waals surface area (Å²) in [6, 6.07) is 1.98. The molecule has 0 radical (unpaired) electrons. The average Bonchev–Trinajstić information content (AvgIpc) is 3.10. The molecule has 1 aromatic rings. The summed E-state index contributed by atoms with van der Waals surface area (Å²) >= 11 is 0. The first-order valence-corrected chi connectivity index (χ1v) is 10.4. The first-order chi connectivity index (χ1) is 12.8. The number of carbonyl (C=O) groups is 1. The molecule has 150 valence electrons. The van der Waals surface area contributed by atoms with Crippen molar-refractivity contribution in [2.45, 2.75) is 72.3 Å². The molecule has 2 aliphatic rings. The molecule has 2 aliphatic carbocycles. The van der Waals surface area contributed by atoms with Crippen LogP contribution in [-0.4, -0.2) is 23.8 Å². The van der Waals surface area contributed by atoms with Crippen molar-refractivity contribution in [2.75, 3.05) is 6.61 Å². The average molecular weight is 375 g/mol. The molecular weight excluding hydrogens is 340 g/mol. The molecular formula is C23H34O4. The first-order valence-electron chi connectivity index (χ1n) is 10.4. The summed E-state index contributed by atoms with van der Waals surface area (Å²) < 4.78 is 11.4. The number of ether oxygens (including phenoxy) is 1. The van der Waals surface area contributed by atoms with E-state index in [0.29, 0.717) is 18.1 Å². The van der Waals surface area contributed by atoms with Crippen LogP contribution in [0.5, 0.6) is 0 Å². The van der Waals surface area contributed by atoms with Crippen LogP contribution in [0.25, 0.3) is 0 Å². The Morgan fingerprint density at radius 1 is 1.33 bits per heavy atom. The molecule has 27 heavy (non-hydrogen) atoms. The van der Waals surface area contributed by atoms with Crippen LogP contribution in [0.2, 0.25) is 0 Å². The van der Waals surface area contributed by atoms with Gasteiger partial charge in [0.05, 0.1) is 18.6 Å². The smallest absolute Gasteiger partial charge is 0.331 e. The Labute approximate surface area is 163 Å². The number of hydrogen-bond donors (Lipinski definition) is 1. The molecule has 0 spiro atoms. The number of aryl methyl sites for hydroxylation is 1. The Kier molecular flexibility index (Phi) is 5.85. The monoisotopic (exact) mass is 374 g/mol. The van der Waals surface area contributed by atoms with Gasteiger partial charge in [-0.2, -0.15) is 0 Å². The van der Waals surface area contributed by atoms with E-state index < -0.39 is 5.97 Å². The van der Waals surface area contributed by atoms with E-state index in [-0.39, 0.29) is 22.9 Å². The van der Waals surface area contributed by atoms with Gasteiger partial charge in [0.15, 0.2) is 0 Å². The summed E-state index contributed by atoms with van der Waals surface area (Å²) in [5, 5.41) is 10.0. The normalized spacial score (nSPS) is 32.6. The van der Waals surface area contributed by atoms with E-state index >= 15 is 0 Å². The Morgan fingerprint density at radius 3 is 2.74 bits per heavy atom. The molecule has 1 heterocycles. The maximum Gasteiger partial charge on any atom is 0.331 e. The molecule has 0 bridgehead atoms. The highest BCUT2D eigenvalue weighted by Crippen LogP contribution is 2.61. The SMILES string of the molecule is CCCOC1C=C(C(=O)O)[C@H](CCc2ccoc2)[C@@]2(C)CCCC(C)(C)[C@H]12. The molecule has 1 N–H and O–H groups in total. The van der Waals surface area contributed by atoms with Crippen LogP contribution in [0.15, 0.2) is 34.7 Å². The van der Waals surface area contributed by atoms with Crippen LogP contribution in [0.3, 0.4) is 0 Å². The molecule has 0 aliphatic heterocycles. The first kappa shape index (κ1) is 20.2. The third-order valence-electron chi connectivity index (χ3n) is 7.00. The second-order valence-electron chi connectivity index (χ2n) is 9.31. The molecule has 1 unspecified atom stereocenters. The van der Waals surface area contributed by atoms with E-state index in [0.717, 1.165) is 37.7 Å². The Morgan fingerprint density at radius 2 is 2.11 bits per heavy atom. The molecule has 4 nitrogen and oxygen atoms in total. The lowest BCUT2D eigenvalue weighted by atomic mass is 9.47. The summed E-state index contributed by atoms with van der Waals surface area (Å²) in [4.78, 5) is 12.2. The van der Waals surface area contributed by atoms with Crippen molar-refractivity contribution >= 4 is 5.97 Å². The summed E-state index contributed by atoms with van der Waals surface area (Å²) in [5.41, 5.74) is 1.77. The van der Waals surface area contributed by atoms with Crippen LogP contribution in [-0.2, 0) is 16.0 Å². The van der Waals surface area contributed by atoms with Crippen molar-refractivity contribution in [3.05, 3.63) is 35.8 Å². The number of carboxylic acid groups (broad SMARTS) is 1. The standard InChI is InChI=1S/C23H34O4/c1-5-12-27-19-14-17(21(24)25)18(8-7-16-9-13-26-15-16)23(4)11-6-10-22(2,3)20(19)23/h9,13-15,18-20H,5-8,10-12H2,1-4H3,(H,24,25)/t18-,19?,20-,23+/m0/s1. The van der Waals surface area contributed by atoms with Crippen LogP contribution >= 0.6 is 0 Å². The van der Waals surface area contributed by atoms with Crippen molar-refractivity contribution < 1.29 is 19.1 Å². The van der Waals surface area contributed by atoms with Gasteiger partial charge in [-0.05, 0) is 72.5 Å². The fraction of sp³-hybridized carbons (Fsp3) is 0.696. The van der Waals surface area contributed by atoms with Gasteiger partial charge in [0.2, 0.25) is 0 Å². The number of aliphatic carboxylic acids is 1. The van der Waals surface area contributed by atoms with Gasteiger partial charge < -0.3 is 14.3 Å². The second kappa shape index (κ2) is 7.83. The fourth-order valence-electron chi connectivity index (χ4n) is 5.93. The second-order valence-corrected chi connectivity index (χ2v) is 9.31. The van der Waals surface area contributed by atoms with Gasteiger partial charge in [-0.1, -0.05) is 34.1 Å². The maximum absolute atomic E-state index is 12.2. The van der Waals surface area contributed by atoms with Gasteiger partial charge in [-0.25, -0.2) is 4.79 Å². The summed E-state index contributed by atoms with van der Waals surface area (Å²) in [7, 11) is 0. The molecule has 1 fully saturated rings.